The Bertz CT molecular complexity index is 702. The molecule has 1 atom stereocenters. The number of hydrogen-bond donors (Lipinski definition) is 2. The number of carbonyl (C=O) groups is 1. The second kappa shape index (κ2) is 5.27. The number of amides is 1. The van der Waals surface area contributed by atoms with Crippen molar-refractivity contribution in [3.05, 3.63) is 22.3 Å². The molecule has 0 fully saturated rings. The fourth-order valence-electron chi connectivity index (χ4n) is 2.56. The van der Waals surface area contributed by atoms with Gasteiger partial charge in [-0.15, -0.1) is 11.3 Å². The average molecular weight is 319 g/mol. The number of nitrogens with zero attached hydrogens (tertiary/aromatic N) is 3. The molecule has 1 aliphatic carbocycles. The van der Waals surface area contributed by atoms with Crippen molar-refractivity contribution in [1.29, 1.82) is 0 Å². The molecular formula is C13H13N5OS2. The normalized spacial score (nSPS) is 20.4. The molecule has 0 saturated carbocycles. The number of rotatable bonds is 2. The van der Waals surface area contributed by atoms with E-state index in [0.717, 1.165) is 24.3 Å². The highest BCUT2D eigenvalue weighted by Gasteiger charge is 2.22. The molecule has 1 aliphatic heterocycles. The van der Waals surface area contributed by atoms with Crippen LogP contribution < -0.4 is 10.6 Å². The van der Waals surface area contributed by atoms with Gasteiger partial charge in [0.05, 0.1) is 28.8 Å². The van der Waals surface area contributed by atoms with Gasteiger partial charge in [0.25, 0.3) is 0 Å². The lowest BCUT2D eigenvalue weighted by atomic mass is 9.98. The fraction of sp³-hybridized carbons (Fsp3) is 0.385. The Balaban J connectivity index is 1.49. The van der Waals surface area contributed by atoms with Gasteiger partial charge in [0, 0.05) is 17.3 Å². The molecule has 21 heavy (non-hydrogen) atoms. The molecule has 2 aromatic rings. The minimum Gasteiger partial charge on any atom is -0.351 e. The number of hydrogen-bond acceptors (Lipinski definition) is 7. The molecular weight excluding hydrogens is 306 g/mol. The molecule has 2 aliphatic rings. The van der Waals surface area contributed by atoms with E-state index < -0.39 is 0 Å². The van der Waals surface area contributed by atoms with Gasteiger partial charge in [-0.05, 0) is 12.8 Å². The van der Waals surface area contributed by atoms with Crippen LogP contribution in [-0.2, 0) is 17.6 Å². The van der Waals surface area contributed by atoms with E-state index in [-0.39, 0.29) is 5.91 Å². The van der Waals surface area contributed by atoms with Crippen LogP contribution in [0.2, 0.25) is 0 Å². The molecule has 2 N–H and O–H groups in total. The summed E-state index contributed by atoms with van der Waals surface area (Å²) < 4.78 is 0. The van der Waals surface area contributed by atoms with E-state index in [4.69, 9.17) is 0 Å². The van der Waals surface area contributed by atoms with Crippen LogP contribution in [0.3, 0.4) is 0 Å². The van der Waals surface area contributed by atoms with Gasteiger partial charge in [0.15, 0.2) is 0 Å². The largest absolute Gasteiger partial charge is 0.351 e. The smallest absolute Gasteiger partial charge is 0.234 e. The minimum atomic E-state index is 0.00168. The van der Waals surface area contributed by atoms with E-state index in [2.05, 4.69) is 25.6 Å². The second-order valence-electron chi connectivity index (χ2n) is 5.06. The third-order valence-corrected chi connectivity index (χ3v) is 5.48. The van der Waals surface area contributed by atoms with E-state index >= 15 is 0 Å². The van der Waals surface area contributed by atoms with Crippen molar-refractivity contribution >= 4 is 40.6 Å². The predicted molar refractivity (Wildman–Crippen MR) is 82.9 cm³/mol. The Morgan fingerprint density at radius 3 is 3.29 bits per heavy atom. The number of thiazole rings is 1. The summed E-state index contributed by atoms with van der Waals surface area (Å²) in [5, 5.41) is 7.02. The molecule has 108 valence electrons. The van der Waals surface area contributed by atoms with E-state index in [1.165, 1.54) is 22.3 Å². The summed E-state index contributed by atoms with van der Waals surface area (Å²) in [6.45, 7) is 0. The van der Waals surface area contributed by atoms with Crippen molar-refractivity contribution in [2.45, 2.75) is 30.3 Å². The Kier molecular flexibility index (Phi) is 3.27. The minimum absolute atomic E-state index is 0.00168. The van der Waals surface area contributed by atoms with Crippen LogP contribution in [0.5, 0.6) is 0 Å². The standard InChI is InChI=1S/C13H13N5OS2/c19-11-5-20-12-9(17-11)4-14-13(18-12)16-7-1-2-8-10(3-7)21-6-15-8/h4,6-7H,1-3,5H2,(H,17,19)(H,14,16,18). The topological polar surface area (TPSA) is 79.8 Å². The Labute approximate surface area is 129 Å². The van der Waals surface area contributed by atoms with Gasteiger partial charge in [-0.3, -0.25) is 4.79 Å². The average Bonchev–Trinajstić information content (AvgIpc) is 2.95. The van der Waals surface area contributed by atoms with Crippen LogP contribution in [0.25, 0.3) is 0 Å². The number of fused-ring (bicyclic) bond motifs is 2. The quantitative estimate of drug-likeness (QED) is 0.824. The van der Waals surface area contributed by atoms with Gasteiger partial charge in [0.1, 0.15) is 5.03 Å². The van der Waals surface area contributed by atoms with E-state index in [1.807, 2.05) is 5.51 Å². The lowest BCUT2D eigenvalue weighted by Crippen LogP contribution is -2.28. The van der Waals surface area contributed by atoms with Gasteiger partial charge < -0.3 is 10.6 Å². The molecule has 1 unspecified atom stereocenters. The molecule has 4 rings (SSSR count). The number of carbonyl (C=O) groups excluding carboxylic acids is 1. The van der Waals surface area contributed by atoms with Crippen molar-refractivity contribution in [3.8, 4) is 0 Å². The van der Waals surface area contributed by atoms with E-state index in [9.17, 15) is 4.79 Å². The predicted octanol–water partition coefficient (Wildman–Crippen LogP) is 1.95. The SMILES string of the molecule is O=C1CSc2nc(NC3CCc4ncsc4C3)ncc2N1. The first kappa shape index (κ1) is 13.0. The Hall–Kier alpha value is -1.67. The van der Waals surface area contributed by atoms with Gasteiger partial charge in [-0.1, -0.05) is 11.8 Å². The third kappa shape index (κ3) is 2.60. The van der Waals surface area contributed by atoms with Gasteiger partial charge in [-0.25, -0.2) is 15.0 Å². The summed E-state index contributed by atoms with van der Waals surface area (Å²) in [6.07, 6.45) is 4.70. The number of anilines is 2. The summed E-state index contributed by atoms with van der Waals surface area (Å²) in [7, 11) is 0. The lowest BCUT2D eigenvalue weighted by molar-refractivity contribution is -0.113. The molecule has 0 radical (unpaired) electrons. The molecule has 8 heteroatoms. The summed E-state index contributed by atoms with van der Waals surface area (Å²) >= 11 is 3.17. The lowest BCUT2D eigenvalue weighted by Gasteiger charge is -2.23. The zero-order valence-electron chi connectivity index (χ0n) is 11.1. The first-order valence-electron chi connectivity index (χ1n) is 6.75. The molecule has 3 heterocycles. The Morgan fingerprint density at radius 1 is 1.38 bits per heavy atom. The first-order chi connectivity index (χ1) is 10.3. The fourth-order valence-corrected chi connectivity index (χ4v) is 4.20. The van der Waals surface area contributed by atoms with Crippen molar-refractivity contribution in [2.24, 2.45) is 0 Å². The van der Waals surface area contributed by atoms with Crippen LogP contribution in [-0.4, -0.2) is 32.7 Å². The summed E-state index contributed by atoms with van der Waals surface area (Å²) in [4.78, 5) is 25.9. The van der Waals surface area contributed by atoms with Crippen LogP contribution in [0.4, 0.5) is 11.6 Å². The number of thioether (sulfide) groups is 1. The highest BCUT2D eigenvalue weighted by atomic mass is 32.2. The van der Waals surface area contributed by atoms with Gasteiger partial charge >= 0.3 is 0 Å². The maximum atomic E-state index is 11.3. The maximum absolute atomic E-state index is 11.3. The number of nitrogens with one attached hydrogen (secondary N) is 2. The summed E-state index contributed by atoms with van der Waals surface area (Å²) in [5.74, 6) is 1.05. The molecule has 0 aromatic carbocycles. The van der Waals surface area contributed by atoms with Crippen molar-refractivity contribution in [3.63, 3.8) is 0 Å². The zero-order chi connectivity index (χ0) is 14.2. The molecule has 0 bridgehead atoms. The second-order valence-corrected chi connectivity index (χ2v) is 6.96. The van der Waals surface area contributed by atoms with Crippen molar-refractivity contribution < 1.29 is 4.79 Å². The van der Waals surface area contributed by atoms with Gasteiger partial charge in [-0.2, -0.15) is 0 Å². The van der Waals surface area contributed by atoms with E-state index in [0.29, 0.717) is 23.4 Å². The van der Waals surface area contributed by atoms with Gasteiger partial charge in [0.2, 0.25) is 11.9 Å². The summed E-state index contributed by atoms with van der Waals surface area (Å²) in [5.41, 5.74) is 3.86. The molecule has 6 nitrogen and oxygen atoms in total. The van der Waals surface area contributed by atoms with Crippen molar-refractivity contribution in [1.82, 2.24) is 15.0 Å². The van der Waals surface area contributed by atoms with Crippen LogP contribution >= 0.6 is 23.1 Å². The number of aryl methyl sites for hydroxylation is 1. The van der Waals surface area contributed by atoms with Crippen molar-refractivity contribution in [2.75, 3.05) is 16.4 Å². The zero-order valence-corrected chi connectivity index (χ0v) is 12.8. The molecule has 0 spiro atoms. The highest BCUT2D eigenvalue weighted by Crippen LogP contribution is 2.30. The first-order valence-corrected chi connectivity index (χ1v) is 8.62. The van der Waals surface area contributed by atoms with E-state index in [1.54, 1.807) is 17.5 Å². The molecule has 2 aromatic heterocycles. The van der Waals surface area contributed by atoms with Crippen LogP contribution in [0.15, 0.2) is 16.7 Å². The summed E-state index contributed by atoms with van der Waals surface area (Å²) in [6, 6.07) is 0.346. The Morgan fingerprint density at radius 2 is 2.33 bits per heavy atom. The highest BCUT2D eigenvalue weighted by molar-refractivity contribution is 8.00. The van der Waals surface area contributed by atoms with Crippen LogP contribution in [0.1, 0.15) is 17.0 Å². The molecule has 0 saturated heterocycles. The molecule has 1 amide bonds. The third-order valence-electron chi connectivity index (χ3n) is 3.59. The maximum Gasteiger partial charge on any atom is 0.234 e. The number of aromatic nitrogens is 3. The monoisotopic (exact) mass is 319 g/mol. The van der Waals surface area contributed by atoms with Crippen LogP contribution in [0, 0.1) is 0 Å².